The van der Waals surface area contributed by atoms with Gasteiger partial charge in [-0.25, -0.2) is 4.79 Å². The third kappa shape index (κ3) is 2.39. The van der Waals surface area contributed by atoms with Gasteiger partial charge in [0.1, 0.15) is 5.82 Å². The van der Waals surface area contributed by atoms with E-state index in [1.54, 1.807) is 4.68 Å². The van der Waals surface area contributed by atoms with Gasteiger partial charge in [0.25, 0.3) is 0 Å². The zero-order valence-corrected chi connectivity index (χ0v) is 13.0. The van der Waals surface area contributed by atoms with Crippen LogP contribution in [0.5, 0.6) is 0 Å². The molecule has 2 fully saturated rings. The van der Waals surface area contributed by atoms with Gasteiger partial charge in [-0.1, -0.05) is 0 Å². The Morgan fingerprint density at radius 2 is 2.04 bits per heavy atom. The Bertz CT molecular complexity index is 744. The Morgan fingerprint density at radius 3 is 2.57 bits per heavy atom. The van der Waals surface area contributed by atoms with E-state index < -0.39 is 6.09 Å². The molecule has 3 atom stereocenters. The summed E-state index contributed by atoms with van der Waals surface area (Å²) in [5.41, 5.74) is 2.70. The maximum atomic E-state index is 10.9. The summed E-state index contributed by atoms with van der Waals surface area (Å²) in [7, 11) is 1.88. The van der Waals surface area contributed by atoms with Crippen molar-refractivity contribution in [2.45, 2.75) is 13.0 Å². The molecule has 120 valence electrons. The number of aryl methyl sites for hydroxylation is 2. The molecule has 3 heterocycles. The average Bonchev–Trinajstić information content (AvgIpc) is 2.88. The van der Waals surface area contributed by atoms with E-state index in [0.717, 1.165) is 22.8 Å². The van der Waals surface area contributed by atoms with Crippen molar-refractivity contribution in [2.75, 3.05) is 18.4 Å². The van der Waals surface area contributed by atoms with Gasteiger partial charge in [-0.2, -0.15) is 5.10 Å². The first kappa shape index (κ1) is 14.0. The second-order valence-corrected chi connectivity index (χ2v) is 6.29. The van der Waals surface area contributed by atoms with E-state index in [1.807, 2.05) is 32.3 Å². The SMILES string of the molecule is Cc1nn(C)cc1-c1ccc(NC2[C@H]3CN(C(=O)O)C[C@@H]23)nn1. The highest BCUT2D eigenvalue weighted by Gasteiger charge is 2.57. The lowest BCUT2D eigenvalue weighted by atomic mass is 10.2. The predicted octanol–water partition coefficient (Wildman–Crippen LogP) is 1.21. The van der Waals surface area contributed by atoms with Gasteiger partial charge >= 0.3 is 6.09 Å². The molecular weight excluding hydrogens is 296 g/mol. The van der Waals surface area contributed by atoms with Crippen molar-refractivity contribution in [2.24, 2.45) is 18.9 Å². The molecule has 1 saturated carbocycles. The van der Waals surface area contributed by atoms with Gasteiger partial charge in [0.2, 0.25) is 0 Å². The fourth-order valence-corrected chi connectivity index (χ4v) is 3.47. The van der Waals surface area contributed by atoms with Gasteiger partial charge in [0.15, 0.2) is 0 Å². The number of piperidine rings is 1. The molecular formula is C15H18N6O2. The van der Waals surface area contributed by atoms with E-state index >= 15 is 0 Å². The summed E-state index contributed by atoms with van der Waals surface area (Å²) in [5.74, 6) is 1.53. The maximum Gasteiger partial charge on any atom is 0.407 e. The highest BCUT2D eigenvalue weighted by Crippen LogP contribution is 2.46. The number of anilines is 1. The van der Waals surface area contributed by atoms with Crippen LogP contribution in [0.4, 0.5) is 10.6 Å². The number of carboxylic acid groups (broad SMARTS) is 1. The van der Waals surface area contributed by atoms with Crippen molar-refractivity contribution >= 4 is 11.9 Å². The van der Waals surface area contributed by atoms with Crippen LogP contribution in [0.1, 0.15) is 5.69 Å². The molecule has 2 aliphatic rings. The lowest BCUT2D eigenvalue weighted by Crippen LogP contribution is -2.32. The monoisotopic (exact) mass is 314 g/mol. The number of nitrogens with zero attached hydrogens (tertiary/aromatic N) is 5. The quantitative estimate of drug-likeness (QED) is 0.884. The molecule has 8 heteroatoms. The van der Waals surface area contributed by atoms with Crippen molar-refractivity contribution in [1.29, 1.82) is 0 Å². The van der Waals surface area contributed by atoms with Gasteiger partial charge in [-0.15, -0.1) is 10.2 Å². The van der Waals surface area contributed by atoms with Gasteiger partial charge in [-0.05, 0) is 19.1 Å². The number of rotatable bonds is 3. The molecule has 1 amide bonds. The summed E-state index contributed by atoms with van der Waals surface area (Å²) < 4.78 is 1.76. The third-order valence-electron chi connectivity index (χ3n) is 4.73. The number of hydrogen-bond acceptors (Lipinski definition) is 5. The predicted molar refractivity (Wildman–Crippen MR) is 83.0 cm³/mol. The van der Waals surface area contributed by atoms with Crippen molar-refractivity contribution in [3.05, 3.63) is 24.0 Å². The Balaban J connectivity index is 1.41. The smallest absolute Gasteiger partial charge is 0.407 e. The Kier molecular flexibility index (Phi) is 3.00. The third-order valence-corrected chi connectivity index (χ3v) is 4.73. The number of nitrogens with one attached hydrogen (secondary N) is 1. The average molecular weight is 314 g/mol. The first-order valence-electron chi connectivity index (χ1n) is 7.61. The normalized spacial score (nSPS) is 25.3. The summed E-state index contributed by atoms with van der Waals surface area (Å²) in [4.78, 5) is 12.4. The van der Waals surface area contributed by atoms with Gasteiger partial charge in [0.05, 0.1) is 11.4 Å². The van der Waals surface area contributed by atoms with Crippen molar-refractivity contribution in [1.82, 2.24) is 24.9 Å². The van der Waals surface area contributed by atoms with Crippen LogP contribution in [0.3, 0.4) is 0 Å². The zero-order valence-electron chi connectivity index (χ0n) is 13.0. The van der Waals surface area contributed by atoms with Crippen molar-refractivity contribution < 1.29 is 9.90 Å². The molecule has 2 aromatic rings. The summed E-state index contributed by atoms with van der Waals surface area (Å²) in [6.45, 7) is 3.17. The molecule has 2 aromatic heterocycles. The molecule has 1 aliphatic carbocycles. The van der Waals surface area contributed by atoms with Crippen LogP contribution in [-0.2, 0) is 7.05 Å². The minimum absolute atomic E-state index is 0.311. The number of amides is 1. The topological polar surface area (TPSA) is 96.2 Å². The zero-order chi connectivity index (χ0) is 16.1. The molecule has 2 N–H and O–H groups in total. The largest absolute Gasteiger partial charge is 0.465 e. The molecule has 0 bridgehead atoms. The van der Waals surface area contributed by atoms with Crippen LogP contribution < -0.4 is 5.32 Å². The molecule has 0 radical (unpaired) electrons. The van der Waals surface area contributed by atoms with Crippen LogP contribution in [-0.4, -0.2) is 55.2 Å². The lowest BCUT2D eigenvalue weighted by molar-refractivity contribution is 0.150. The minimum atomic E-state index is -0.827. The number of likely N-dealkylation sites (tertiary alicyclic amines) is 1. The van der Waals surface area contributed by atoms with E-state index in [9.17, 15) is 4.79 Å². The standard InChI is InChI=1S/C15H18N6O2/c1-8-9(5-20(2)19-8)12-3-4-13(18-17-12)16-14-10-6-21(15(22)23)7-11(10)14/h3-5,10-11,14H,6-7H2,1-2H3,(H,16,18)(H,22,23)/t10-,11+,14?. The van der Waals surface area contributed by atoms with E-state index in [-0.39, 0.29) is 0 Å². The van der Waals surface area contributed by atoms with E-state index in [0.29, 0.717) is 31.0 Å². The second kappa shape index (κ2) is 4.94. The summed E-state index contributed by atoms with van der Waals surface area (Å²) >= 11 is 0. The molecule has 23 heavy (non-hydrogen) atoms. The molecule has 1 aliphatic heterocycles. The summed E-state index contributed by atoms with van der Waals surface area (Å²) in [6, 6.07) is 4.16. The Morgan fingerprint density at radius 1 is 1.30 bits per heavy atom. The number of fused-ring (bicyclic) bond motifs is 1. The maximum absolute atomic E-state index is 10.9. The van der Waals surface area contributed by atoms with Gasteiger partial charge in [-0.3, -0.25) is 4.68 Å². The van der Waals surface area contributed by atoms with Crippen LogP contribution in [0.25, 0.3) is 11.3 Å². The fourth-order valence-electron chi connectivity index (χ4n) is 3.47. The Labute approximate surface area is 133 Å². The molecule has 0 spiro atoms. The van der Waals surface area contributed by atoms with Crippen molar-refractivity contribution in [3.63, 3.8) is 0 Å². The Hall–Kier alpha value is -2.64. The summed E-state index contributed by atoms with van der Waals surface area (Å²) in [6.07, 6.45) is 1.10. The summed E-state index contributed by atoms with van der Waals surface area (Å²) in [5, 5.41) is 25.1. The molecule has 1 saturated heterocycles. The van der Waals surface area contributed by atoms with Crippen LogP contribution in [0.15, 0.2) is 18.3 Å². The molecule has 1 unspecified atom stereocenters. The second-order valence-electron chi connectivity index (χ2n) is 6.29. The minimum Gasteiger partial charge on any atom is -0.465 e. The molecule has 8 nitrogen and oxygen atoms in total. The van der Waals surface area contributed by atoms with E-state index in [1.165, 1.54) is 4.90 Å². The van der Waals surface area contributed by atoms with E-state index in [2.05, 4.69) is 20.6 Å². The number of hydrogen-bond donors (Lipinski definition) is 2. The number of aromatic nitrogens is 4. The van der Waals surface area contributed by atoms with Gasteiger partial charge in [0, 0.05) is 49.8 Å². The van der Waals surface area contributed by atoms with Crippen LogP contribution >= 0.6 is 0 Å². The number of carbonyl (C=O) groups is 1. The fraction of sp³-hybridized carbons (Fsp3) is 0.467. The van der Waals surface area contributed by atoms with Crippen molar-refractivity contribution in [3.8, 4) is 11.3 Å². The highest BCUT2D eigenvalue weighted by atomic mass is 16.4. The van der Waals surface area contributed by atoms with Crippen LogP contribution in [0.2, 0.25) is 0 Å². The first-order valence-corrected chi connectivity index (χ1v) is 7.61. The molecule has 0 aromatic carbocycles. The van der Waals surface area contributed by atoms with Crippen LogP contribution in [0, 0.1) is 18.8 Å². The highest BCUT2D eigenvalue weighted by molar-refractivity contribution is 5.66. The first-order chi connectivity index (χ1) is 11.0. The van der Waals surface area contributed by atoms with Gasteiger partial charge < -0.3 is 15.3 Å². The molecule has 4 rings (SSSR count). The lowest BCUT2D eigenvalue weighted by Gasteiger charge is -2.16. The van der Waals surface area contributed by atoms with E-state index in [4.69, 9.17) is 5.11 Å².